The highest BCUT2D eigenvalue weighted by Gasteiger charge is 2.34. The normalized spacial score (nSPS) is 24.3. The van der Waals surface area contributed by atoms with E-state index in [1.54, 1.807) is 0 Å². The molecule has 3 aliphatic rings. The summed E-state index contributed by atoms with van der Waals surface area (Å²) in [5.74, 6) is 1.75. The number of nitrogens with zero attached hydrogens (tertiary/aromatic N) is 3. The van der Waals surface area contributed by atoms with Gasteiger partial charge in [-0.25, -0.2) is 0 Å². The van der Waals surface area contributed by atoms with Gasteiger partial charge in [0, 0.05) is 56.3 Å². The first-order chi connectivity index (χ1) is 13.7. The standard InChI is InChI=1S/C22H34BrN5.HI/c1-24-22(25-14-18-8-13-28(16-18)21-6-7-21)26-20-9-11-27(12-10-20)15-17-2-4-19(23)5-3-17;/h2-5,18,20-21H,6-16H2,1H3,(H2,24,25,26);1H. The number of aliphatic imine (C=N–C) groups is 1. The summed E-state index contributed by atoms with van der Waals surface area (Å²) in [4.78, 5) is 9.71. The molecular weight excluding hydrogens is 541 g/mol. The molecule has 1 aromatic rings. The maximum Gasteiger partial charge on any atom is 0.191 e. The Labute approximate surface area is 201 Å². The molecule has 3 fully saturated rings. The second-order valence-corrected chi connectivity index (χ2v) is 9.57. The first-order valence-electron chi connectivity index (χ1n) is 10.9. The zero-order chi connectivity index (χ0) is 19.3. The zero-order valence-electron chi connectivity index (χ0n) is 17.4. The Kier molecular flexibility index (Phi) is 9.07. The molecule has 4 rings (SSSR count). The molecule has 1 saturated carbocycles. The lowest BCUT2D eigenvalue weighted by Gasteiger charge is -2.33. The summed E-state index contributed by atoms with van der Waals surface area (Å²) in [5.41, 5.74) is 1.39. The highest BCUT2D eigenvalue weighted by Crippen LogP contribution is 2.31. The van der Waals surface area contributed by atoms with E-state index in [9.17, 15) is 0 Å². The van der Waals surface area contributed by atoms with E-state index in [0.29, 0.717) is 6.04 Å². The second kappa shape index (κ2) is 11.3. The molecule has 0 aromatic heterocycles. The number of halogens is 2. The predicted octanol–water partition coefficient (Wildman–Crippen LogP) is 3.68. The van der Waals surface area contributed by atoms with Gasteiger partial charge in [-0.3, -0.25) is 9.89 Å². The number of piperidine rings is 1. The topological polar surface area (TPSA) is 42.9 Å². The van der Waals surface area contributed by atoms with Gasteiger partial charge in [0.15, 0.2) is 5.96 Å². The number of hydrogen-bond acceptors (Lipinski definition) is 3. The number of likely N-dealkylation sites (tertiary alicyclic amines) is 2. The average molecular weight is 576 g/mol. The largest absolute Gasteiger partial charge is 0.356 e. The van der Waals surface area contributed by atoms with Gasteiger partial charge in [0.2, 0.25) is 0 Å². The monoisotopic (exact) mass is 575 g/mol. The van der Waals surface area contributed by atoms with Gasteiger partial charge in [-0.05, 0) is 62.3 Å². The van der Waals surface area contributed by atoms with Crippen molar-refractivity contribution in [3.8, 4) is 0 Å². The van der Waals surface area contributed by atoms with Crippen LogP contribution in [0.25, 0.3) is 0 Å². The van der Waals surface area contributed by atoms with Crippen LogP contribution in [0.5, 0.6) is 0 Å². The third-order valence-electron chi connectivity index (χ3n) is 6.41. The number of hydrogen-bond donors (Lipinski definition) is 2. The Hall–Kier alpha value is -0.380. The van der Waals surface area contributed by atoms with Crippen LogP contribution < -0.4 is 10.6 Å². The average Bonchev–Trinajstić information content (AvgIpc) is 3.46. The van der Waals surface area contributed by atoms with E-state index in [2.05, 4.69) is 65.6 Å². The van der Waals surface area contributed by atoms with Gasteiger partial charge < -0.3 is 15.5 Å². The number of nitrogens with one attached hydrogen (secondary N) is 2. The van der Waals surface area contributed by atoms with Crippen molar-refractivity contribution >= 4 is 45.9 Å². The molecule has 0 spiro atoms. The molecule has 2 saturated heterocycles. The lowest BCUT2D eigenvalue weighted by atomic mass is 10.0. The van der Waals surface area contributed by atoms with E-state index in [-0.39, 0.29) is 24.0 Å². The molecule has 29 heavy (non-hydrogen) atoms. The Bertz CT molecular complexity index is 656. The highest BCUT2D eigenvalue weighted by atomic mass is 127. The Morgan fingerprint density at radius 3 is 2.45 bits per heavy atom. The van der Waals surface area contributed by atoms with Gasteiger partial charge in [-0.2, -0.15) is 0 Å². The van der Waals surface area contributed by atoms with E-state index in [1.165, 1.54) is 50.8 Å². The molecule has 1 atom stereocenters. The van der Waals surface area contributed by atoms with Crippen LogP contribution in [0.1, 0.15) is 37.7 Å². The summed E-state index contributed by atoms with van der Waals surface area (Å²) in [7, 11) is 1.89. The minimum atomic E-state index is 0. The number of rotatable bonds is 6. The first kappa shape index (κ1) is 23.3. The molecule has 1 unspecified atom stereocenters. The van der Waals surface area contributed by atoms with E-state index in [0.717, 1.165) is 48.6 Å². The molecule has 0 radical (unpaired) electrons. The van der Waals surface area contributed by atoms with Crippen molar-refractivity contribution in [3.63, 3.8) is 0 Å². The molecule has 0 amide bonds. The summed E-state index contributed by atoms with van der Waals surface area (Å²) in [6, 6.07) is 10.1. The molecule has 1 aromatic carbocycles. The Morgan fingerprint density at radius 2 is 1.79 bits per heavy atom. The fourth-order valence-electron chi connectivity index (χ4n) is 4.51. The minimum absolute atomic E-state index is 0. The van der Waals surface area contributed by atoms with Crippen LogP contribution in [0.2, 0.25) is 0 Å². The lowest BCUT2D eigenvalue weighted by Crippen LogP contribution is -2.49. The molecule has 7 heteroatoms. The molecule has 1 aliphatic carbocycles. The number of benzene rings is 1. The van der Waals surface area contributed by atoms with E-state index < -0.39 is 0 Å². The van der Waals surface area contributed by atoms with Crippen molar-refractivity contribution in [2.45, 2.75) is 50.7 Å². The molecule has 2 aliphatic heterocycles. The van der Waals surface area contributed by atoms with Gasteiger partial charge in [0.1, 0.15) is 0 Å². The molecule has 162 valence electrons. The van der Waals surface area contributed by atoms with E-state index >= 15 is 0 Å². The van der Waals surface area contributed by atoms with Crippen LogP contribution in [0.4, 0.5) is 0 Å². The summed E-state index contributed by atoms with van der Waals surface area (Å²) in [6.45, 7) is 6.94. The van der Waals surface area contributed by atoms with Crippen molar-refractivity contribution < 1.29 is 0 Å². The zero-order valence-corrected chi connectivity index (χ0v) is 21.4. The molecular formula is C22H35BrIN5. The maximum absolute atomic E-state index is 4.47. The Morgan fingerprint density at radius 1 is 1.07 bits per heavy atom. The fraction of sp³-hybridized carbons (Fsp3) is 0.682. The molecule has 5 nitrogen and oxygen atoms in total. The fourth-order valence-corrected chi connectivity index (χ4v) is 4.78. The highest BCUT2D eigenvalue weighted by molar-refractivity contribution is 14.0. The number of guanidine groups is 1. The third-order valence-corrected chi connectivity index (χ3v) is 6.94. The maximum atomic E-state index is 4.47. The first-order valence-corrected chi connectivity index (χ1v) is 11.7. The van der Waals surface area contributed by atoms with Gasteiger partial charge in [0.25, 0.3) is 0 Å². The SMILES string of the molecule is CN=C(NCC1CCN(C2CC2)C1)NC1CCN(Cc2ccc(Br)cc2)CC1.I. The van der Waals surface area contributed by atoms with Crippen molar-refractivity contribution in [2.24, 2.45) is 10.9 Å². The summed E-state index contributed by atoms with van der Waals surface area (Å²) >= 11 is 3.51. The van der Waals surface area contributed by atoms with Crippen LogP contribution in [0.15, 0.2) is 33.7 Å². The Balaban J connectivity index is 0.00000240. The molecule has 2 N–H and O–H groups in total. The summed E-state index contributed by atoms with van der Waals surface area (Å²) in [6.07, 6.45) is 6.52. The second-order valence-electron chi connectivity index (χ2n) is 8.66. The van der Waals surface area contributed by atoms with Gasteiger partial charge >= 0.3 is 0 Å². The van der Waals surface area contributed by atoms with Gasteiger partial charge in [-0.1, -0.05) is 28.1 Å². The van der Waals surface area contributed by atoms with Crippen molar-refractivity contribution in [3.05, 3.63) is 34.3 Å². The van der Waals surface area contributed by atoms with Crippen LogP contribution in [-0.4, -0.2) is 67.6 Å². The van der Waals surface area contributed by atoms with Crippen LogP contribution >= 0.6 is 39.9 Å². The quantitative estimate of drug-likeness (QED) is 0.308. The predicted molar refractivity (Wildman–Crippen MR) is 135 cm³/mol. The van der Waals surface area contributed by atoms with Crippen molar-refractivity contribution in [1.82, 2.24) is 20.4 Å². The lowest BCUT2D eigenvalue weighted by molar-refractivity contribution is 0.198. The smallest absolute Gasteiger partial charge is 0.191 e. The van der Waals surface area contributed by atoms with Crippen molar-refractivity contribution in [2.75, 3.05) is 39.8 Å². The third kappa shape index (κ3) is 7.08. The van der Waals surface area contributed by atoms with E-state index in [1.807, 2.05) is 7.05 Å². The summed E-state index contributed by atoms with van der Waals surface area (Å²) in [5, 5.41) is 7.25. The molecule has 0 bridgehead atoms. The summed E-state index contributed by atoms with van der Waals surface area (Å²) < 4.78 is 1.15. The van der Waals surface area contributed by atoms with Gasteiger partial charge in [0.05, 0.1) is 0 Å². The van der Waals surface area contributed by atoms with Crippen LogP contribution in [0, 0.1) is 5.92 Å². The van der Waals surface area contributed by atoms with Crippen LogP contribution in [0.3, 0.4) is 0 Å². The van der Waals surface area contributed by atoms with Gasteiger partial charge in [-0.15, -0.1) is 24.0 Å². The van der Waals surface area contributed by atoms with Crippen molar-refractivity contribution in [1.29, 1.82) is 0 Å². The minimum Gasteiger partial charge on any atom is -0.356 e. The van der Waals surface area contributed by atoms with Crippen LogP contribution in [-0.2, 0) is 6.54 Å². The van der Waals surface area contributed by atoms with E-state index in [4.69, 9.17) is 0 Å². The molecule has 2 heterocycles.